The summed E-state index contributed by atoms with van der Waals surface area (Å²) < 4.78 is 10.5. The highest BCUT2D eigenvalue weighted by Gasteiger charge is 2.14. The number of nitriles is 2. The van der Waals surface area contributed by atoms with Gasteiger partial charge < -0.3 is 14.8 Å². The lowest BCUT2D eigenvalue weighted by molar-refractivity contribution is -0.129. The number of ether oxygens (including phenoxy) is 2. The number of rotatable bonds is 9. The Kier molecular flexibility index (Phi) is 9.24. The van der Waals surface area contributed by atoms with Crippen LogP contribution in [0.1, 0.15) is 30.9 Å². The zero-order valence-electron chi connectivity index (χ0n) is 17.9. The summed E-state index contributed by atoms with van der Waals surface area (Å²) in [6.07, 6.45) is 4.62. The molecule has 0 heterocycles. The molecule has 0 bridgehead atoms. The van der Waals surface area contributed by atoms with Gasteiger partial charge in [-0.25, -0.2) is 4.79 Å². The summed E-state index contributed by atoms with van der Waals surface area (Å²) in [6, 6.07) is 17.0. The predicted octanol–water partition coefficient (Wildman–Crippen LogP) is 4.03. The van der Waals surface area contributed by atoms with Crippen LogP contribution in [0.4, 0.5) is 0 Å². The molecule has 0 saturated heterocycles. The van der Waals surface area contributed by atoms with E-state index in [0.29, 0.717) is 23.4 Å². The fourth-order valence-electron chi connectivity index (χ4n) is 2.66. The van der Waals surface area contributed by atoms with Crippen LogP contribution in [0.2, 0.25) is 0 Å². The molecule has 1 amide bonds. The number of methoxy groups -OCH3 is 1. The van der Waals surface area contributed by atoms with E-state index < -0.39 is 11.9 Å². The van der Waals surface area contributed by atoms with Crippen LogP contribution in [0.3, 0.4) is 0 Å². The molecule has 162 valence electrons. The number of para-hydroxylation sites is 1. The Morgan fingerprint density at radius 3 is 2.31 bits per heavy atom. The number of nitrogens with zero attached hydrogens (tertiary/aromatic N) is 2. The minimum atomic E-state index is -0.810. The van der Waals surface area contributed by atoms with Crippen molar-refractivity contribution in [2.45, 2.75) is 19.8 Å². The summed E-state index contributed by atoms with van der Waals surface area (Å²) in [7, 11) is 1.50. The molecule has 0 radical (unpaired) electrons. The first-order chi connectivity index (χ1) is 15.5. The Hall–Kier alpha value is -4.36. The zero-order chi connectivity index (χ0) is 23.3. The maximum absolute atomic E-state index is 12.4. The lowest BCUT2D eigenvalue weighted by atomic mass is 10.1. The van der Waals surface area contributed by atoms with Crippen LogP contribution < -0.4 is 14.8 Å². The van der Waals surface area contributed by atoms with Crippen LogP contribution >= 0.6 is 0 Å². The Balaban J connectivity index is 2.11. The third-order valence-electron chi connectivity index (χ3n) is 4.36. The fourth-order valence-corrected chi connectivity index (χ4v) is 2.66. The minimum absolute atomic E-state index is 0.0163. The van der Waals surface area contributed by atoms with Gasteiger partial charge in [-0.2, -0.15) is 10.5 Å². The second-order valence-electron chi connectivity index (χ2n) is 6.65. The van der Waals surface area contributed by atoms with Crippen LogP contribution in [-0.4, -0.2) is 25.5 Å². The molecule has 0 aliphatic heterocycles. The van der Waals surface area contributed by atoms with Gasteiger partial charge in [-0.1, -0.05) is 43.7 Å². The molecule has 0 unspecified atom stereocenters. The van der Waals surface area contributed by atoms with Gasteiger partial charge in [0.05, 0.1) is 7.11 Å². The Bertz CT molecular complexity index is 1100. The van der Waals surface area contributed by atoms with Gasteiger partial charge in [0.1, 0.15) is 34.8 Å². The van der Waals surface area contributed by atoms with Gasteiger partial charge in [-0.3, -0.25) is 4.79 Å². The molecule has 0 aliphatic carbocycles. The summed E-state index contributed by atoms with van der Waals surface area (Å²) >= 11 is 0. The van der Waals surface area contributed by atoms with Gasteiger partial charge in [0.25, 0.3) is 5.91 Å². The first-order valence-corrected chi connectivity index (χ1v) is 9.99. The van der Waals surface area contributed by atoms with E-state index in [1.807, 2.05) is 19.1 Å². The van der Waals surface area contributed by atoms with Crippen LogP contribution in [0.15, 0.2) is 59.7 Å². The van der Waals surface area contributed by atoms with Crippen molar-refractivity contribution in [1.29, 1.82) is 10.5 Å². The molecule has 0 aromatic heterocycles. The number of carbonyl (C=O) groups is 2. The quantitative estimate of drug-likeness (QED) is 0.212. The van der Waals surface area contributed by atoms with Crippen molar-refractivity contribution in [3.8, 4) is 23.6 Å². The Morgan fingerprint density at radius 2 is 1.69 bits per heavy atom. The van der Waals surface area contributed by atoms with E-state index in [-0.39, 0.29) is 16.9 Å². The summed E-state index contributed by atoms with van der Waals surface area (Å²) in [6.45, 7) is 2.52. The summed E-state index contributed by atoms with van der Waals surface area (Å²) in [5, 5.41) is 21.3. The van der Waals surface area contributed by atoms with Crippen molar-refractivity contribution in [2.75, 3.05) is 13.7 Å². The molecular formula is C25H23N3O4. The van der Waals surface area contributed by atoms with Crippen molar-refractivity contribution >= 4 is 24.0 Å². The van der Waals surface area contributed by atoms with Crippen LogP contribution in [-0.2, 0) is 9.59 Å². The van der Waals surface area contributed by atoms with Crippen molar-refractivity contribution < 1.29 is 19.1 Å². The van der Waals surface area contributed by atoms with E-state index in [4.69, 9.17) is 9.47 Å². The van der Waals surface area contributed by atoms with E-state index in [1.54, 1.807) is 36.4 Å². The molecule has 2 aromatic carbocycles. The maximum atomic E-state index is 12.4. The topological polar surface area (TPSA) is 112 Å². The number of hydrogen-bond donors (Lipinski definition) is 1. The molecule has 2 rings (SSSR count). The molecule has 2 aromatic rings. The van der Waals surface area contributed by atoms with Crippen molar-refractivity contribution in [1.82, 2.24) is 5.32 Å². The lowest BCUT2D eigenvalue weighted by Crippen LogP contribution is -2.25. The van der Waals surface area contributed by atoms with Gasteiger partial charge in [0.2, 0.25) is 0 Å². The molecular weight excluding hydrogens is 406 g/mol. The standard InChI is InChI=1S/C25H23N3O4/c1-3-4-13-28-24(29)20(16-26)14-18-9-11-22(12-10-18)32-25(30)21(17-27)15-19-7-5-6-8-23(19)31-2/h5-12,14-15H,3-4,13H2,1-2H3,(H,28,29)/b20-14+,21-15+. The van der Waals surface area contributed by atoms with E-state index in [2.05, 4.69) is 5.32 Å². The van der Waals surface area contributed by atoms with Crippen LogP contribution in [0.5, 0.6) is 11.5 Å². The highest BCUT2D eigenvalue weighted by atomic mass is 16.5. The largest absolute Gasteiger partial charge is 0.496 e. The molecule has 0 spiro atoms. The monoisotopic (exact) mass is 429 g/mol. The summed E-state index contributed by atoms with van der Waals surface area (Å²) in [5.74, 6) is -0.498. The second-order valence-corrected chi connectivity index (χ2v) is 6.65. The second kappa shape index (κ2) is 12.4. The third kappa shape index (κ3) is 6.86. The summed E-state index contributed by atoms with van der Waals surface area (Å²) in [5.41, 5.74) is 0.966. The smallest absolute Gasteiger partial charge is 0.354 e. The highest BCUT2D eigenvalue weighted by Crippen LogP contribution is 2.21. The Labute approximate surface area is 187 Å². The van der Waals surface area contributed by atoms with Gasteiger partial charge in [-0.15, -0.1) is 0 Å². The maximum Gasteiger partial charge on any atom is 0.354 e. The minimum Gasteiger partial charge on any atom is -0.496 e. The number of carbonyl (C=O) groups excluding carboxylic acids is 2. The van der Waals surface area contributed by atoms with Crippen LogP contribution in [0.25, 0.3) is 12.2 Å². The van der Waals surface area contributed by atoms with E-state index in [0.717, 1.165) is 12.8 Å². The van der Waals surface area contributed by atoms with Gasteiger partial charge in [0, 0.05) is 12.1 Å². The highest BCUT2D eigenvalue weighted by molar-refractivity contribution is 6.01. The van der Waals surface area contributed by atoms with Crippen molar-refractivity contribution in [3.63, 3.8) is 0 Å². The van der Waals surface area contributed by atoms with Gasteiger partial charge in [0.15, 0.2) is 0 Å². The number of benzene rings is 2. The molecule has 1 N–H and O–H groups in total. The SMILES string of the molecule is CCCCNC(=O)/C(C#N)=C/c1ccc(OC(=O)/C(C#N)=C/c2ccccc2OC)cc1. The van der Waals surface area contributed by atoms with E-state index in [1.165, 1.54) is 31.4 Å². The first-order valence-electron chi connectivity index (χ1n) is 9.99. The van der Waals surface area contributed by atoms with E-state index in [9.17, 15) is 20.1 Å². The molecule has 7 nitrogen and oxygen atoms in total. The average Bonchev–Trinajstić information content (AvgIpc) is 2.82. The Morgan fingerprint density at radius 1 is 1.00 bits per heavy atom. The molecule has 32 heavy (non-hydrogen) atoms. The predicted molar refractivity (Wildman–Crippen MR) is 120 cm³/mol. The fraction of sp³-hybridized carbons (Fsp3) is 0.200. The first kappa shape index (κ1) is 23.9. The molecule has 0 saturated carbocycles. The number of nitrogens with one attached hydrogen (secondary N) is 1. The zero-order valence-corrected chi connectivity index (χ0v) is 17.9. The number of hydrogen-bond acceptors (Lipinski definition) is 6. The van der Waals surface area contributed by atoms with Gasteiger partial charge >= 0.3 is 5.97 Å². The molecule has 0 aliphatic rings. The lowest BCUT2D eigenvalue weighted by Gasteiger charge is -2.06. The van der Waals surface area contributed by atoms with Crippen molar-refractivity contribution in [3.05, 3.63) is 70.8 Å². The van der Waals surface area contributed by atoms with Crippen LogP contribution in [0, 0.1) is 22.7 Å². The molecule has 7 heteroatoms. The van der Waals surface area contributed by atoms with Crippen molar-refractivity contribution in [2.24, 2.45) is 0 Å². The normalized spacial score (nSPS) is 11.1. The average molecular weight is 429 g/mol. The number of esters is 1. The van der Waals surface area contributed by atoms with Gasteiger partial charge in [-0.05, 0) is 42.3 Å². The number of amides is 1. The third-order valence-corrected chi connectivity index (χ3v) is 4.36. The van der Waals surface area contributed by atoms with E-state index >= 15 is 0 Å². The number of unbranched alkanes of at least 4 members (excludes halogenated alkanes) is 1. The molecule has 0 fully saturated rings. The summed E-state index contributed by atoms with van der Waals surface area (Å²) in [4.78, 5) is 24.5. The molecule has 0 atom stereocenters.